The fourth-order valence-corrected chi connectivity index (χ4v) is 13.8. The Labute approximate surface area is 776 Å². The standard InChI is InChI=1S/C94H147N11O27/c1-16-63(7)82-87(113)99-69(13)92(118)132-83(64(8)17-2)65(9)22-20-23-66(10)91(117)131-79(54-61(3)4)86(112)98-68(12)89(115)104(15)78(90(116)103(14)58-80(108)102-82)56-70-28-32-75(33-29-70)130-60-97-94(120)129-59-71-26-30-72(31-27-71)100-85(111)77(25-21-36-96-93(95)119)101-84(110)76(62(5)6)57-74(107)35-39-122-41-43-124-45-47-126-49-51-128-53-52-127-50-48-125-46-44-123-42-40-121-38-19-18-24-73(106)34-37-105-81(109)55-67(11)88(105)114/h17,23,26-33,61-63,65,67-69,76-79,82-83H,16,18-22,24-25,34-60H2,1-15H3,(H,97,120)(H,98,112)(H,99,113)(H,100,111)(H,101,110)(H,102,108)(H3,95,96,119)/b64-17+,66-23+/t63?,65-,67?,68-,69+,76-,77-,78+,79+,82-,83+/m0/s1. The Kier molecular flexibility index (Phi) is 55.0. The van der Waals surface area contributed by atoms with E-state index in [-0.39, 0.29) is 156 Å². The zero-order valence-corrected chi connectivity index (χ0v) is 80.0. The lowest BCUT2D eigenvalue weighted by molar-refractivity contribution is -0.154. The van der Waals surface area contributed by atoms with Crippen molar-refractivity contribution >= 4 is 94.5 Å². The third-order valence-electron chi connectivity index (χ3n) is 22.2. The number of benzene rings is 2. The van der Waals surface area contributed by atoms with E-state index < -0.39 is 126 Å². The number of imide groups is 1. The molecule has 38 heteroatoms. The summed E-state index contributed by atoms with van der Waals surface area (Å²) >= 11 is 0. The van der Waals surface area contributed by atoms with Gasteiger partial charge in [-0.3, -0.25) is 63.0 Å². The summed E-state index contributed by atoms with van der Waals surface area (Å²) in [5.41, 5.74) is 7.67. The van der Waals surface area contributed by atoms with Crippen molar-refractivity contribution in [1.29, 1.82) is 0 Å². The van der Waals surface area contributed by atoms with Crippen molar-refractivity contribution in [3.8, 4) is 5.75 Å². The highest BCUT2D eigenvalue weighted by molar-refractivity contribution is 6.04. The molecule has 2 heterocycles. The number of likely N-dealkylation sites (N-methyl/N-ethyl adjacent to an activating group) is 2. The number of ketones is 2. The Morgan fingerprint density at radius 3 is 1.74 bits per heavy atom. The van der Waals surface area contributed by atoms with E-state index in [1.165, 1.54) is 32.8 Å². The minimum atomic E-state index is -1.31. The van der Waals surface area contributed by atoms with E-state index >= 15 is 0 Å². The van der Waals surface area contributed by atoms with Gasteiger partial charge in [0.25, 0.3) is 5.91 Å². The van der Waals surface area contributed by atoms with E-state index in [1.807, 2.05) is 47.6 Å². The first-order valence-electron chi connectivity index (χ1n) is 45.9. The minimum Gasteiger partial charge on any atom is -0.473 e. The monoisotopic (exact) mass is 1860 g/mol. The van der Waals surface area contributed by atoms with Crippen LogP contribution < -0.4 is 47.7 Å². The van der Waals surface area contributed by atoms with E-state index in [2.05, 4.69) is 37.2 Å². The second-order valence-electron chi connectivity index (χ2n) is 34.0. The molecule has 1 fully saturated rings. The fourth-order valence-electron chi connectivity index (χ4n) is 13.8. The molecule has 0 bridgehead atoms. The fraction of sp³-hybridized carbons (Fsp3) is 0.670. The molecule has 2 aromatic rings. The lowest BCUT2D eigenvalue weighted by Gasteiger charge is -2.33. The largest absolute Gasteiger partial charge is 0.473 e. The van der Waals surface area contributed by atoms with E-state index in [0.29, 0.717) is 135 Å². The summed E-state index contributed by atoms with van der Waals surface area (Å²) < 4.78 is 67.5. The zero-order chi connectivity index (χ0) is 97.6. The van der Waals surface area contributed by atoms with Crippen LogP contribution in [-0.2, 0) is 127 Å². The van der Waals surface area contributed by atoms with Gasteiger partial charge in [0.05, 0.1) is 106 Å². The van der Waals surface area contributed by atoms with Crippen LogP contribution in [0.15, 0.2) is 71.8 Å². The SMILES string of the molecule is C/C=C(\C)[C@H]1OC(=O)[C@@H](C)NC(=O)[C@H](C(C)CC)NC(=O)CN(C)C(=O)[C@@H](Cc2ccc(OCNC(=O)OCc3ccc(NC(=O)[C@H](CCCNC(N)=O)NC(=O)[C@@H](CC(=O)CCOCCOCCOCCOCCOCCOCCOCCOCCCCC(=O)CCN4C(=O)CC(C)C4=O)C(C)C)cc3)cc2)N(C)C(=O)[C@H](C)NC(=O)[C@@H](CC(C)C)OC(=O)/C(C)=C/CC[C@@H]1C. The summed E-state index contributed by atoms with van der Waals surface area (Å²) in [7, 11) is 2.74. The number of alkyl carbamates (subject to hydrolysis) is 1. The molecule has 0 saturated carbocycles. The second-order valence-corrected chi connectivity index (χ2v) is 34.0. The maximum absolute atomic E-state index is 14.7. The smallest absolute Gasteiger partial charge is 0.410 e. The predicted octanol–water partition coefficient (Wildman–Crippen LogP) is 6.68. The molecule has 2 unspecified atom stereocenters. The molecule has 4 rings (SSSR count). The minimum absolute atomic E-state index is 0.0269. The van der Waals surface area contributed by atoms with E-state index in [4.69, 9.17) is 62.6 Å². The van der Waals surface area contributed by atoms with Crippen molar-refractivity contribution < 1.29 is 129 Å². The van der Waals surface area contributed by atoms with E-state index in [9.17, 15) is 71.9 Å². The number of unbranched alkanes of at least 4 members (excludes halogenated alkanes) is 1. The molecule has 2 aliphatic rings. The number of urea groups is 1. The number of primary amides is 1. The molecule has 0 aromatic heterocycles. The van der Waals surface area contributed by atoms with Gasteiger partial charge in [-0.25, -0.2) is 19.2 Å². The summed E-state index contributed by atoms with van der Waals surface area (Å²) in [5, 5.41) is 18.7. The van der Waals surface area contributed by atoms with Gasteiger partial charge in [-0.2, -0.15) is 0 Å². The molecule has 38 nitrogen and oxygen atoms in total. The highest BCUT2D eigenvalue weighted by Crippen LogP contribution is 2.26. The van der Waals surface area contributed by atoms with Crippen molar-refractivity contribution in [3.63, 3.8) is 0 Å². The van der Waals surface area contributed by atoms with Gasteiger partial charge in [-0.1, -0.05) is 98.2 Å². The average Bonchev–Trinajstić information content (AvgIpc) is 0.901. The molecule has 0 aliphatic carbocycles. The van der Waals surface area contributed by atoms with Crippen LogP contribution >= 0.6 is 0 Å². The molecular weight excluding hydrogens is 1720 g/mol. The zero-order valence-electron chi connectivity index (χ0n) is 80.0. The number of rotatable bonds is 55. The van der Waals surface area contributed by atoms with Crippen LogP contribution in [0, 0.1) is 35.5 Å². The van der Waals surface area contributed by atoms with Gasteiger partial charge in [0.2, 0.25) is 47.3 Å². The number of allylic oxidation sites excluding steroid dienone is 2. The van der Waals surface area contributed by atoms with Crippen molar-refractivity contribution in [2.24, 2.45) is 41.2 Å². The van der Waals surface area contributed by atoms with E-state index in [1.54, 1.807) is 89.2 Å². The number of hydrogen-bond acceptors (Lipinski definition) is 27. The Balaban J connectivity index is 1.19. The number of carbonyl (C=O) groups excluding carboxylic acids is 15. The number of anilines is 1. The molecule has 0 radical (unpaired) electrons. The first-order valence-corrected chi connectivity index (χ1v) is 45.9. The molecule has 11 atom stereocenters. The average molecular weight is 1860 g/mol. The van der Waals surface area contributed by atoms with Gasteiger partial charge in [-0.05, 0) is 144 Å². The van der Waals surface area contributed by atoms with Crippen LogP contribution in [0.5, 0.6) is 5.75 Å². The van der Waals surface area contributed by atoms with Gasteiger partial charge in [0, 0.05) is 95.4 Å². The molecule has 2 aromatic carbocycles. The Morgan fingerprint density at radius 2 is 1.20 bits per heavy atom. The van der Waals surface area contributed by atoms with Crippen LogP contribution in [0.2, 0.25) is 0 Å². The molecule has 9 N–H and O–H groups in total. The van der Waals surface area contributed by atoms with Gasteiger partial charge in [0.1, 0.15) is 60.2 Å². The number of nitrogens with zero attached hydrogens (tertiary/aromatic N) is 3. The van der Waals surface area contributed by atoms with E-state index in [0.717, 1.165) is 21.8 Å². The predicted molar refractivity (Wildman–Crippen MR) is 487 cm³/mol. The topological polar surface area (TPSA) is 487 Å². The van der Waals surface area contributed by atoms with Crippen molar-refractivity contribution in [2.45, 2.75) is 229 Å². The van der Waals surface area contributed by atoms with Crippen LogP contribution in [0.25, 0.3) is 0 Å². The number of nitrogens with one attached hydrogen (secondary N) is 7. The summed E-state index contributed by atoms with van der Waals surface area (Å²) in [6, 6.07) is 6.06. The van der Waals surface area contributed by atoms with Crippen LogP contribution in [-0.4, -0.2) is 292 Å². The molecular formula is C94H147N11O27. The number of ether oxygens (including phenoxy) is 12. The quantitative estimate of drug-likeness (QED) is 0.00854. The Hall–Kier alpha value is -10.4. The van der Waals surface area contributed by atoms with Crippen LogP contribution in [0.1, 0.15) is 185 Å². The number of carbonyl (C=O) groups is 15. The summed E-state index contributed by atoms with van der Waals surface area (Å²) in [6.45, 7) is 27.5. The van der Waals surface area contributed by atoms with Gasteiger partial charge >= 0.3 is 24.1 Å². The molecule has 0 spiro atoms. The summed E-state index contributed by atoms with van der Waals surface area (Å²) in [4.78, 5) is 203. The lowest BCUT2D eigenvalue weighted by atomic mass is 9.88. The lowest BCUT2D eigenvalue weighted by Crippen LogP contribution is -2.57. The summed E-state index contributed by atoms with van der Waals surface area (Å²) in [6.07, 6.45) is 4.40. The molecule has 2 aliphatic heterocycles. The number of Topliss-reactive ketones (excluding diaryl/α,β-unsaturated/α-hetero) is 2. The van der Waals surface area contributed by atoms with Crippen molar-refractivity contribution in [3.05, 3.63) is 83.0 Å². The maximum Gasteiger partial charge on any atom is 0.410 e. The molecule has 1 saturated heterocycles. The first kappa shape index (κ1) is 114. The third kappa shape index (κ3) is 44.9. The van der Waals surface area contributed by atoms with Gasteiger partial charge < -0.3 is 104 Å². The number of hydrogen-bond donors (Lipinski definition) is 8. The molecule has 12 amide bonds. The third-order valence-corrected chi connectivity index (χ3v) is 22.2. The van der Waals surface area contributed by atoms with Crippen molar-refractivity contribution in [2.75, 3.05) is 151 Å². The summed E-state index contributed by atoms with van der Waals surface area (Å²) in [5.74, 6) is -8.57. The molecule has 132 heavy (non-hydrogen) atoms. The number of nitrogens with two attached hydrogens (primary N) is 1. The molecule has 740 valence electrons. The highest BCUT2D eigenvalue weighted by atomic mass is 16.6. The number of cyclic esters (lactones) is 2. The first-order chi connectivity index (χ1) is 62.9. The Bertz CT molecular complexity index is 4020. The highest BCUT2D eigenvalue weighted by Gasteiger charge is 2.39. The number of amides is 12. The van der Waals surface area contributed by atoms with Crippen LogP contribution in [0.3, 0.4) is 0 Å². The number of likely N-dealkylation sites (tertiary alicyclic amines) is 1. The van der Waals surface area contributed by atoms with Gasteiger partial charge in [0.15, 0.2) is 12.8 Å². The van der Waals surface area contributed by atoms with Gasteiger partial charge in [-0.15, -0.1) is 0 Å². The number of esters is 2. The van der Waals surface area contributed by atoms with Crippen molar-refractivity contribution in [1.82, 2.24) is 46.6 Å². The maximum atomic E-state index is 14.7. The van der Waals surface area contributed by atoms with Crippen LogP contribution in [0.4, 0.5) is 15.3 Å². The normalized spacial score (nSPS) is 20.3. The second kappa shape index (κ2) is 63.7. The Morgan fingerprint density at radius 1 is 0.629 bits per heavy atom.